The molecule has 2 heterocycles. The number of rotatable bonds is 9. The van der Waals surface area contributed by atoms with Gasteiger partial charge in [0, 0.05) is 39.3 Å². The Balaban J connectivity index is 1.41. The highest BCUT2D eigenvalue weighted by molar-refractivity contribution is 5.91. The molecule has 0 aliphatic carbocycles. The van der Waals surface area contributed by atoms with Crippen molar-refractivity contribution in [1.82, 2.24) is 20.1 Å². The van der Waals surface area contributed by atoms with Gasteiger partial charge in [0.25, 0.3) is 5.91 Å². The summed E-state index contributed by atoms with van der Waals surface area (Å²) in [6.45, 7) is 10.1. The molecule has 2 aromatic rings. The number of nitrogens with zero attached hydrogens (tertiary/aromatic N) is 3. The molecule has 194 valence electrons. The van der Waals surface area contributed by atoms with Crippen LogP contribution in [0.4, 0.5) is 13.2 Å². The Bertz CT molecular complexity index is 966. The van der Waals surface area contributed by atoms with Crippen molar-refractivity contribution >= 4 is 5.91 Å². The lowest BCUT2D eigenvalue weighted by Gasteiger charge is -2.35. The number of nitrogens with one attached hydrogen (secondary N) is 1. The van der Waals surface area contributed by atoms with Crippen LogP contribution in [0.25, 0.3) is 0 Å². The molecule has 0 spiro atoms. The van der Waals surface area contributed by atoms with Crippen LogP contribution < -0.4 is 5.32 Å². The van der Waals surface area contributed by atoms with E-state index in [0.717, 1.165) is 38.3 Å². The highest BCUT2D eigenvalue weighted by Gasteiger charge is 2.30. The maximum absolute atomic E-state index is 12.8. The van der Waals surface area contributed by atoms with Crippen molar-refractivity contribution in [1.29, 1.82) is 0 Å². The largest absolute Gasteiger partial charge is 0.447 e. The van der Waals surface area contributed by atoms with Gasteiger partial charge in [0.15, 0.2) is 5.69 Å². The zero-order chi connectivity index (χ0) is 25.6. The number of amides is 1. The van der Waals surface area contributed by atoms with Gasteiger partial charge in [0.2, 0.25) is 5.89 Å². The molecule has 1 saturated heterocycles. The van der Waals surface area contributed by atoms with Gasteiger partial charge in [-0.2, -0.15) is 13.2 Å². The second-order valence-corrected chi connectivity index (χ2v) is 9.66. The minimum absolute atomic E-state index is 0.0560. The van der Waals surface area contributed by atoms with Crippen molar-refractivity contribution in [2.24, 2.45) is 0 Å². The molecule has 35 heavy (non-hydrogen) atoms. The third kappa shape index (κ3) is 8.92. The van der Waals surface area contributed by atoms with Crippen molar-refractivity contribution in [3.05, 3.63) is 53.2 Å². The minimum atomic E-state index is -4.44. The molecule has 3 rings (SSSR count). The normalized spacial score (nSPS) is 16.9. The molecule has 1 amide bonds. The summed E-state index contributed by atoms with van der Waals surface area (Å²) in [4.78, 5) is 20.9. The van der Waals surface area contributed by atoms with Crippen molar-refractivity contribution in [2.75, 3.05) is 39.3 Å². The molecular weight excluding hydrogens is 465 g/mol. The molecular formula is C24H33F3N4O4. The molecule has 0 saturated carbocycles. The Morgan fingerprint density at radius 3 is 2.54 bits per heavy atom. The number of piperazine rings is 1. The van der Waals surface area contributed by atoms with Crippen molar-refractivity contribution < 1.29 is 32.2 Å². The molecule has 8 nitrogen and oxygen atoms in total. The summed E-state index contributed by atoms with van der Waals surface area (Å²) in [6.07, 6.45) is -3.74. The molecule has 1 aromatic carbocycles. The van der Waals surface area contributed by atoms with Gasteiger partial charge in [-0.3, -0.25) is 14.6 Å². The number of benzene rings is 1. The van der Waals surface area contributed by atoms with Crippen LogP contribution in [0.5, 0.6) is 0 Å². The van der Waals surface area contributed by atoms with Gasteiger partial charge >= 0.3 is 6.18 Å². The van der Waals surface area contributed by atoms with Crippen LogP contribution in [0.2, 0.25) is 0 Å². The van der Waals surface area contributed by atoms with E-state index in [9.17, 15) is 23.1 Å². The molecule has 1 fully saturated rings. The van der Waals surface area contributed by atoms with E-state index >= 15 is 0 Å². The molecule has 2 N–H and O–H groups in total. The van der Waals surface area contributed by atoms with E-state index in [1.54, 1.807) is 0 Å². The van der Waals surface area contributed by atoms with Crippen LogP contribution in [-0.4, -0.2) is 76.8 Å². The number of β-amino-alcohol motifs (C(OH)–C–C–N with tert-alkyl or cyclic N) is 1. The molecule has 0 radical (unpaired) electrons. The Labute approximate surface area is 203 Å². The van der Waals surface area contributed by atoms with Crippen molar-refractivity contribution in [3.8, 4) is 0 Å². The summed E-state index contributed by atoms with van der Waals surface area (Å²) in [6, 6.07) is 4.81. The third-order valence-corrected chi connectivity index (χ3v) is 5.49. The van der Waals surface area contributed by atoms with Gasteiger partial charge in [-0.25, -0.2) is 4.98 Å². The van der Waals surface area contributed by atoms with Crippen LogP contribution in [0, 0.1) is 0 Å². The Morgan fingerprint density at radius 1 is 1.20 bits per heavy atom. The van der Waals surface area contributed by atoms with Gasteiger partial charge in [-0.1, -0.05) is 12.1 Å². The number of carbonyl (C=O) groups excluding carboxylic acids is 1. The number of hydrogen-bond donors (Lipinski definition) is 2. The van der Waals surface area contributed by atoms with Crippen LogP contribution in [-0.2, 0) is 24.0 Å². The molecule has 11 heteroatoms. The maximum atomic E-state index is 12.8. The SMILES string of the molecule is CC(C)(C)OC[C@H](O)CN1CCN(Cc2nc(C(=O)NCc3cccc(C(F)(F)F)c3)co2)CC1. The molecule has 1 aromatic heterocycles. The fourth-order valence-electron chi connectivity index (χ4n) is 3.64. The maximum Gasteiger partial charge on any atom is 0.416 e. The topological polar surface area (TPSA) is 91.1 Å². The smallest absolute Gasteiger partial charge is 0.416 e. The minimum Gasteiger partial charge on any atom is -0.447 e. The number of halogens is 3. The number of aliphatic hydroxyl groups is 1. The molecule has 0 bridgehead atoms. The Hall–Kier alpha value is -2.47. The zero-order valence-electron chi connectivity index (χ0n) is 20.3. The number of alkyl halides is 3. The van der Waals surface area contributed by atoms with Gasteiger partial charge < -0.3 is 19.6 Å². The number of aliphatic hydroxyl groups excluding tert-OH is 1. The lowest BCUT2D eigenvalue weighted by Crippen LogP contribution is -2.49. The fraction of sp³-hybridized carbons (Fsp3) is 0.583. The summed E-state index contributed by atoms with van der Waals surface area (Å²) >= 11 is 0. The first-order valence-electron chi connectivity index (χ1n) is 11.5. The average Bonchev–Trinajstić information content (AvgIpc) is 3.25. The first-order chi connectivity index (χ1) is 16.4. The summed E-state index contributed by atoms with van der Waals surface area (Å²) < 4.78 is 49.6. The predicted molar refractivity (Wildman–Crippen MR) is 123 cm³/mol. The standard InChI is InChI=1S/C24H33F3N4O4/c1-23(2,3)35-15-19(32)13-30-7-9-31(10-8-30)14-21-29-20(16-34-21)22(33)28-12-17-5-4-6-18(11-17)24(25,26)27/h4-6,11,16,19,32H,7-10,12-15H2,1-3H3,(H,28,33)/t19-/m1/s1. The van der Waals surface area contributed by atoms with Crippen molar-refractivity contribution in [3.63, 3.8) is 0 Å². The monoisotopic (exact) mass is 498 g/mol. The van der Waals surface area contributed by atoms with E-state index in [-0.39, 0.29) is 17.8 Å². The first-order valence-corrected chi connectivity index (χ1v) is 11.5. The lowest BCUT2D eigenvalue weighted by molar-refractivity contribution is -0.137. The second-order valence-electron chi connectivity index (χ2n) is 9.66. The highest BCUT2D eigenvalue weighted by Crippen LogP contribution is 2.29. The quantitative estimate of drug-likeness (QED) is 0.549. The predicted octanol–water partition coefficient (Wildman–Crippen LogP) is 2.92. The summed E-state index contributed by atoms with van der Waals surface area (Å²) in [7, 11) is 0. The average molecular weight is 499 g/mol. The molecule has 1 atom stereocenters. The number of carbonyl (C=O) groups is 1. The van der Waals surface area contributed by atoms with E-state index < -0.39 is 23.8 Å². The highest BCUT2D eigenvalue weighted by atomic mass is 19.4. The van der Waals surface area contributed by atoms with Crippen LogP contribution >= 0.6 is 0 Å². The Kier molecular flexibility index (Phi) is 8.92. The van der Waals surface area contributed by atoms with E-state index in [2.05, 4.69) is 20.1 Å². The molecule has 1 aliphatic heterocycles. The van der Waals surface area contributed by atoms with Gasteiger partial charge in [0.1, 0.15) is 6.26 Å². The number of oxazole rings is 1. The van der Waals surface area contributed by atoms with E-state index in [4.69, 9.17) is 9.15 Å². The molecule has 1 aliphatic rings. The summed E-state index contributed by atoms with van der Waals surface area (Å²) in [5, 5.41) is 12.8. The summed E-state index contributed by atoms with van der Waals surface area (Å²) in [5.74, 6) is -0.130. The summed E-state index contributed by atoms with van der Waals surface area (Å²) in [5.41, 5.74) is -0.637. The van der Waals surface area contributed by atoms with Crippen LogP contribution in [0.3, 0.4) is 0 Å². The van der Waals surface area contributed by atoms with E-state index in [1.807, 2.05) is 20.8 Å². The second kappa shape index (κ2) is 11.5. The van der Waals surface area contributed by atoms with Gasteiger partial charge in [-0.15, -0.1) is 0 Å². The van der Waals surface area contributed by atoms with Gasteiger partial charge in [0.05, 0.1) is 30.4 Å². The number of ether oxygens (including phenoxy) is 1. The Morgan fingerprint density at radius 2 is 1.89 bits per heavy atom. The molecule has 0 unspecified atom stereocenters. The number of aromatic nitrogens is 1. The third-order valence-electron chi connectivity index (χ3n) is 5.49. The number of hydrogen-bond acceptors (Lipinski definition) is 7. The lowest BCUT2D eigenvalue weighted by atomic mass is 10.1. The van der Waals surface area contributed by atoms with Crippen LogP contribution in [0.15, 0.2) is 34.9 Å². The van der Waals surface area contributed by atoms with E-state index in [1.165, 1.54) is 18.4 Å². The first kappa shape index (κ1) is 27.1. The van der Waals surface area contributed by atoms with E-state index in [0.29, 0.717) is 31.2 Å². The van der Waals surface area contributed by atoms with Crippen molar-refractivity contribution in [2.45, 2.75) is 51.7 Å². The van der Waals surface area contributed by atoms with Gasteiger partial charge in [-0.05, 0) is 38.5 Å². The van der Waals surface area contributed by atoms with Crippen LogP contribution in [0.1, 0.15) is 48.3 Å². The zero-order valence-corrected chi connectivity index (χ0v) is 20.3. The fourth-order valence-corrected chi connectivity index (χ4v) is 3.64.